The van der Waals surface area contributed by atoms with E-state index in [1.165, 1.54) is 11.6 Å². The summed E-state index contributed by atoms with van der Waals surface area (Å²) in [6, 6.07) is 19.0. The zero-order chi connectivity index (χ0) is 21.9. The molecule has 2 heterocycles. The molecule has 0 radical (unpaired) electrons. The van der Waals surface area contributed by atoms with Gasteiger partial charge in [0.25, 0.3) is 5.56 Å². The molecule has 0 fully saturated rings. The summed E-state index contributed by atoms with van der Waals surface area (Å²) in [6.45, 7) is 0. The van der Waals surface area contributed by atoms with Gasteiger partial charge >= 0.3 is 5.69 Å². The van der Waals surface area contributed by atoms with Gasteiger partial charge in [-0.15, -0.1) is 0 Å². The molecular weight excluding hydrogens is 412 g/mol. The number of anilines is 1. The third-order valence-corrected chi connectivity index (χ3v) is 6.07. The second kappa shape index (κ2) is 6.89. The van der Waals surface area contributed by atoms with E-state index in [1.54, 1.807) is 19.3 Å². The fourth-order valence-corrected chi connectivity index (χ4v) is 4.42. The molecule has 0 saturated carbocycles. The third-order valence-electron chi connectivity index (χ3n) is 5.74. The molecule has 0 aliphatic heterocycles. The second-order valence-corrected chi connectivity index (χ2v) is 7.92. The Kier molecular flexibility index (Phi) is 4.27. The maximum absolute atomic E-state index is 13.3. The van der Waals surface area contributed by atoms with Gasteiger partial charge in [0.05, 0.1) is 22.3 Å². The predicted octanol–water partition coefficient (Wildman–Crippen LogP) is 4.08. The minimum absolute atomic E-state index is 0.375. The first-order valence-electron chi connectivity index (χ1n) is 9.73. The lowest BCUT2D eigenvalue weighted by Gasteiger charge is -2.15. The lowest BCUT2D eigenvalue weighted by molar-refractivity contribution is 0.714. The summed E-state index contributed by atoms with van der Waals surface area (Å²) in [6.07, 6.45) is 1.80. The summed E-state index contributed by atoms with van der Waals surface area (Å²) >= 11 is 6.57. The quantitative estimate of drug-likeness (QED) is 0.429. The van der Waals surface area contributed by atoms with E-state index in [0.29, 0.717) is 32.9 Å². The van der Waals surface area contributed by atoms with Gasteiger partial charge in [-0.05, 0) is 23.6 Å². The molecule has 6 nitrogen and oxygen atoms in total. The number of rotatable bonds is 2. The van der Waals surface area contributed by atoms with Crippen LogP contribution in [-0.2, 0) is 14.1 Å². The zero-order valence-corrected chi connectivity index (χ0v) is 17.7. The van der Waals surface area contributed by atoms with E-state index in [-0.39, 0.29) is 5.56 Å². The fourth-order valence-electron chi connectivity index (χ4n) is 4.20. The predicted molar refractivity (Wildman–Crippen MR) is 126 cm³/mol. The van der Waals surface area contributed by atoms with Gasteiger partial charge in [-0.3, -0.25) is 13.9 Å². The number of fused-ring (bicyclic) bond motifs is 2. The molecule has 5 rings (SSSR count). The van der Waals surface area contributed by atoms with Crippen LogP contribution in [0.25, 0.3) is 38.6 Å². The van der Waals surface area contributed by atoms with Crippen molar-refractivity contribution in [1.82, 2.24) is 13.7 Å². The summed E-state index contributed by atoms with van der Waals surface area (Å²) in [5.41, 5.74) is 8.85. The van der Waals surface area contributed by atoms with E-state index >= 15 is 0 Å². The van der Waals surface area contributed by atoms with Crippen molar-refractivity contribution in [3.63, 3.8) is 0 Å². The van der Waals surface area contributed by atoms with Gasteiger partial charge in [0.2, 0.25) is 0 Å². The first kappa shape index (κ1) is 19.2. The Morgan fingerprint density at radius 1 is 0.839 bits per heavy atom. The Morgan fingerprint density at radius 2 is 1.55 bits per heavy atom. The molecule has 0 unspecified atom stereocenters. The number of nitrogens with zero attached hydrogens (tertiary/aromatic N) is 3. The van der Waals surface area contributed by atoms with Gasteiger partial charge in [0.15, 0.2) is 0 Å². The van der Waals surface area contributed by atoms with Crippen molar-refractivity contribution in [2.45, 2.75) is 0 Å². The van der Waals surface area contributed by atoms with Crippen molar-refractivity contribution < 1.29 is 0 Å². The van der Waals surface area contributed by atoms with Crippen LogP contribution in [0.5, 0.6) is 0 Å². The van der Waals surface area contributed by atoms with Crippen molar-refractivity contribution in [3.8, 4) is 16.9 Å². The van der Waals surface area contributed by atoms with Gasteiger partial charge in [-0.25, -0.2) is 4.79 Å². The van der Waals surface area contributed by atoms with Crippen LogP contribution in [-0.4, -0.2) is 13.7 Å². The summed E-state index contributed by atoms with van der Waals surface area (Å²) < 4.78 is 4.50. The van der Waals surface area contributed by atoms with Crippen LogP contribution in [0.15, 0.2) is 76.4 Å². The average Bonchev–Trinajstić information content (AvgIpc) is 3.17. The first-order chi connectivity index (χ1) is 14.9. The Balaban J connectivity index is 2.05. The minimum Gasteiger partial charge on any atom is -0.398 e. The molecule has 2 aromatic heterocycles. The summed E-state index contributed by atoms with van der Waals surface area (Å²) in [5, 5.41) is 2.76. The summed E-state index contributed by atoms with van der Waals surface area (Å²) in [5.74, 6) is 0. The van der Waals surface area contributed by atoms with Crippen LogP contribution in [0.4, 0.5) is 5.69 Å². The molecule has 0 amide bonds. The number of hydrogen-bond donors (Lipinski definition) is 1. The van der Waals surface area contributed by atoms with E-state index in [2.05, 4.69) is 0 Å². The number of nitrogens with two attached hydrogens (primary N) is 1. The summed E-state index contributed by atoms with van der Waals surface area (Å²) in [4.78, 5) is 25.9. The highest BCUT2D eigenvalue weighted by molar-refractivity contribution is 6.33. The molecular formula is C24H19ClN4O2. The van der Waals surface area contributed by atoms with Gasteiger partial charge in [-0.1, -0.05) is 54.1 Å². The van der Waals surface area contributed by atoms with Crippen molar-refractivity contribution in [2.75, 3.05) is 5.73 Å². The maximum Gasteiger partial charge on any atom is 0.330 e. The molecule has 0 spiro atoms. The van der Waals surface area contributed by atoms with E-state index in [1.807, 2.05) is 59.2 Å². The molecule has 0 aliphatic rings. The van der Waals surface area contributed by atoms with Crippen molar-refractivity contribution >= 4 is 39.0 Å². The molecule has 154 valence electrons. The molecule has 2 N–H and O–H groups in total. The van der Waals surface area contributed by atoms with E-state index in [0.717, 1.165) is 21.0 Å². The molecule has 3 aromatic carbocycles. The van der Waals surface area contributed by atoms with Crippen LogP contribution in [0.2, 0.25) is 5.02 Å². The normalized spacial score (nSPS) is 11.5. The largest absolute Gasteiger partial charge is 0.398 e. The van der Waals surface area contributed by atoms with Crippen LogP contribution in [0.3, 0.4) is 0 Å². The van der Waals surface area contributed by atoms with Gasteiger partial charge in [-0.2, -0.15) is 0 Å². The lowest BCUT2D eigenvalue weighted by atomic mass is 10.1. The van der Waals surface area contributed by atoms with E-state index in [4.69, 9.17) is 17.3 Å². The number of aryl methyl sites for hydroxylation is 1. The van der Waals surface area contributed by atoms with Gasteiger partial charge < -0.3 is 10.3 Å². The molecule has 0 atom stereocenters. The minimum atomic E-state index is -0.391. The number of aromatic nitrogens is 3. The molecule has 31 heavy (non-hydrogen) atoms. The van der Waals surface area contributed by atoms with Crippen LogP contribution < -0.4 is 17.0 Å². The van der Waals surface area contributed by atoms with Crippen LogP contribution in [0.1, 0.15) is 0 Å². The Morgan fingerprint density at radius 3 is 2.29 bits per heavy atom. The highest BCUT2D eigenvalue weighted by Gasteiger charge is 2.22. The highest BCUT2D eigenvalue weighted by atomic mass is 35.5. The molecule has 5 aromatic rings. The first-order valence-corrected chi connectivity index (χ1v) is 10.1. The highest BCUT2D eigenvalue weighted by Crippen LogP contribution is 2.37. The standard InChI is InChI=1S/C24H19ClN4O2/c1-27-19-13-29(18-12-6-8-14-7-5-11-17(26)20(14)18)22(15-9-3-4-10-16(15)25)21(19)23(30)28(2)24(27)31/h3-13H,26H2,1-2H3. The van der Waals surface area contributed by atoms with Gasteiger partial charge in [0, 0.05) is 42.0 Å². The van der Waals surface area contributed by atoms with E-state index in [9.17, 15) is 9.59 Å². The SMILES string of the molecule is Cn1c(=O)c2c(-c3ccccc3Cl)n(-c3cccc4cccc(N)c34)cc2n(C)c1=O. The van der Waals surface area contributed by atoms with Crippen molar-refractivity contribution in [2.24, 2.45) is 14.1 Å². The van der Waals surface area contributed by atoms with Crippen LogP contribution in [0, 0.1) is 0 Å². The molecule has 0 bridgehead atoms. The monoisotopic (exact) mass is 430 g/mol. The zero-order valence-electron chi connectivity index (χ0n) is 17.0. The Bertz CT molecular complexity index is 1620. The second-order valence-electron chi connectivity index (χ2n) is 7.52. The van der Waals surface area contributed by atoms with Crippen molar-refractivity contribution in [3.05, 3.63) is 92.7 Å². The summed E-state index contributed by atoms with van der Waals surface area (Å²) in [7, 11) is 3.13. The van der Waals surface area contributed by atoms with Crippen molar-refractivity contribution in [1.29, 1.82) is 0 Å². The maximum atomic E-state index is 13.3. The van der Waals surface area contributed by atoms with E-state index < -0.39 is 5.69 Å². The number of benzene rings is 3. The Hall–Kier alpha value is -3.77. The van der Waals surface area contributed by atoms with Crippen LogP contribution >= 0.6 is 11.6 Å². The fraction of sp³-hybridized carbons (Fsp3) is 0.0833. The lowest BCUT2D eigenvalue weighted by Crippen LogP contribution is -2.36. The average molecular weight is 431 g/mol. The number of halogens is 1. The Labute approximate surface area is 182 Å². The topological polar surface area (TPSA) is 75.0 Å². The molecule has 7 heteroatoms. The molecule has 0 aliphatic carbocycles. The number of nitrogen functional groups attached to an aromatic ring is 1. The number of hydrogen-bond acceptors (Lipinski definition) is 3. The van der Waals surface area contributed by atoms with Gasteiger partial charge in [0.1, 0.15) is 0 Å². The third kappa shape index (κ3) is 2.72. The smallest absolute Gasteiger partial charge is 0.330 e. The molecule has 0 saturated heterocycles.